The molecule has 1 aromatic carbocycles. The van der Waals surface area contributed by atoms with Crippen molar-refractivity contribution in [1.82, 2.24) is 9.88 Å². The van der Waals surface area contributed by atoms with Crippen molar-refractivity contribution in [3.8, 4) is 5.75 Å². The number of hydrogen-bond acceptors (Lipinski definition) is 4. The predicted molar refractivity (Wildman–Crippen MR) is 90.0 cm³/mol. The van der Waals surface area contributed by atoms with Crippen molar-refractivity contribution in [2.45, 2.75) is 32.4 Å². The van der Waals surface area contributed by atoms with Crippen molar-refractivity contribution in [1.29, 1.82) is 0 Å². The summed E-state index contributed by atoms with van der Waals surface area (Å²) < 4.78 is 13.0. The van der Waals surface area contributed by atoms with Crippen LogP contribution in [0.2, 0.25) is 0 Å². The van der Waals surface area contributed by atoms with E-state index in [1.165, 1.54) is 12.1 Å². The van der Waals surface area contributed by atoms with Crippen LogP contribution < -0.4 is 0 Å². The number of piperidine rings is 1. The topological polar surface area (TPSA) is 56.6 Å². The van der Waals surface area contributed by atoms with Gasteiger partial charge in [-0.25, -0.2) is 4.39 Å². The van der Waals surface area contributed by atoms with E-state index in [4.69, 9.17) is 0 Å². The molecule has 128 valence electrons. The zero-order valence-corrected chi connectivity index (χ0v) is 13.8. The highest BCUT2D eigenvalue weighted by molar-refractivity contribution is 5.27. The zero-order chi connectivity index (χ0) is 17.1. The second-order valence-corrected chi connectivity index (χ2v) is 6.53. The van der Waals surface area contributed by atoms with Gasteiger partial charge in [-0.3, -0.25) is 9.88 Å². The predicted octanol–water partition coefficient (Wildman–Crippen LogP) is 3.18. The Balaban J connectivity index is 1.57. The van der Waals surface area contributed by atoms with Gasteiger partial charge in [0, 0.05) is 12.2 Å². The summed E-state index contributed by atoms with van der Waals surface area (Å²) in [6.45, 7) is 4.22. The number of aliphatic hydroxyl groups excluding tert-OH is 1. The fourth-order valence-corrected chi connectivity index (χ4v) is 3.29. The van der Waals surface area contributed by atoms with Gasteiger partial charge in [-0.1, -0.05) is 12.1 Å². The molecule has 24 heavy (non-hydrogen) atoms. The Kier molecular flexibility index (Phi) is 5.11. The van der Waals surface area contributed by atoms with Crippen LogP contribution in [0.3, 0.4) is 0 Å². The average molecular weight is 330 g/mol. The van der Waals surface area contributed by atoms with Crippen molar-refractivity contribution in [3.63, 3.8) is 0 Å². The Hall–Kier alpha value is -1.98. The zero-order valence-electron chi connectivity index (χ0n) is 13.8. The van der Waals surface area contributed by atoms with Gasteiger partial charge in [-0.15, -0.1) is 0 Å². The largest absolute Gasteiger partial charge is 0.506 e. The molecule has 2 N–H and O–H groups in total. The molecule has 1 aromatic heterocycles. The summed E-state index contributed by atoms with van der Waals surface area (Å²) in [5, 5.41) is 20.4. The Morgan fingerprint density at radius 2 is 1.83 bits per heavy atom. The van der Waals surface area contributed by atoms with Gasteiger partial charge in [-0.2, -0.15) is 0 Å². The van der Waals surface area contributed by atoms with Crippen LogP contribution in [0.15, 0.2) is 36.4 Å². The molecule has 0 aliphatic carbocycles. The van der Waals surface area contributed by atoms with Gasteiger partial charge < -0.3 is 10.2 Å². The van der Waals surface area contributed by atoms with Crippen LogP contribution in [-0.4, -0.2) is 33.2 Å². The van der Waals surface area contributed by atoms with Crippen LogP contribution >= 0.6 is 0 Å². The molecule has 1 unspecified atom stereocenters. The number of hydrogen-bond donors (Lipinski definition) is 2. The molecular weight excluding hydrogens is 307 g/mol. The number of rotatable bonds is 4. The van der Waals surface area contributed by atoms with Gasteiger partial charge in [0.05, 0.1) is 11.8 Å². The lowest BCUT2D eigenvalue weighted by Crippen LogP contribution is -2.35. The normalized spacial score (nSPS) is 17.8. The monoisotopic (exact) mass is 330 g/mol. The summed E-state index contributed by atoms with van der Waals surface area (Å²) in [4.78, 5) is 6.65. The lowest BCUT2D eigenvalue weighted by atomic mass is 9.87. The summed E-state index contributed by atoms with van der Waals surface area (Å²) in [5.74, 6) is 0.117. The molecule has 2 heterocycles. The van der Waals surface area contributed by atoms with E-state index in [-0.39, 0.29) is 17.5 Å². The maximum absolute atomic E-state index is 13.0. The van der Waals surface area contributed by atoms with Gasteiger partial charge in [0.15, 0.2) is 0 Å². The molecule has 0 radical (unpaired) electrons. The van der Waals surface area contributed by atoms with E-state index in [1.807, 2.05) is 6.92 Å². The molecule has 3 rings (SSSR count). The number of aromatic nitrogens is 1. The Labute approximate surface area is 141 Å². The average Bonchev–Trinajstić information content (AvgIpc) is 2.59. The molecule has 0 bridgehead atoms. The van der Waals surface area contributed by atoms with E-state index < -0.39 is 6.10 Å². The quantitative estimate of drug-likeness (QED) is 0.904. The molecule has 1 aliphatic heterocycles. The summed E-state index contributed by atoms with van der Waals surface area (Å²) in [6.07, 6.45) is 1.18. The second kappa shape index (κ2) is 7.28. The number of aromatic hydroxyl groups is 1. The van der Waals surface area contributed by atoms with Crippen molar-refractivity contribution < 1.29 is 14.6 Å². The van der Waals surface area contributed by atoms with E-state index in [1.54, 1.807) is 24.3 Å². The SMILES string of the molecule is Cc1ccc(O)c(CN2CCC(C(O)c3ccc(F)cc3)CC2)n1. The van der Waals surface area contributed by atoms with Crippen LogP contribution in [0.5, 0.6) is 5.75 Å². The molecular formula is C19H23FN2O2. The molecule has 1 saturated heterocycles. The highest BCUT2D eigenvalue weighted by Gasteiger charge is 2.26. The van der Waals surface area contributed by atoms with E-state index in [0.717, 1.165) is 37.2 Å². The van der Waals surface area contributed by atoms with E-state index in [2.05, 4.69) is 9.88 Å². The first-order valence-electron chi connectivity index (χ1n) is 8.34. The summed E-state index contributed by atoms with van der Waals surface area (Å²) in [5.41, 5.74) is 2.37. The molecule has 0 spiro atoms. The number of halogens is 1. The number of nitrogens with zero attached hydrogens (tertiary/aromatic N) is 2. The molecule has 5 heteroatoms. The number of benzene rings is 1. The summed E-state index contributed by atoms with van der Waals surface area (Å²) in [6, 6.07) is 9.56. The van der Waals surface area contributed by atoms with E-state index >= 15 is 0 Å². The Bertz CT molecular complexity index is 682. The fraction of sp³-hybridized carbons (Fsp3) is 0.421. The van der Waals surface area contributed by atoms with Gasteiger partial charge in [0.25, 0.3) is 0 Å². The third-order valence-electron chi connectivity index (χ3n) is 4.75. The first-order chi connectivity index (χ1) is 11.5. The van der Waals surface area contributed by atoms with Crippen LogP contribution in [0.4, 0.5) is 4.39 Å². The van der Waals surface area contributed by atoms with Gasteiger partial charge in [0.2, 0.25) is 0 Å². The van der Waals surface area contributed by atoms with Gasteiger partial charge in [0.1, 0.15) is 11.6 Å². The first-order valence-corrected chi connectivity index (χ1v) is 8.34. The molecule has 1 atom stereocenters. The van der Waals surface area contributed by atoms with Crippen molar-refractivity contribution >= 4 is 0 Å². The van der Waals surface area contributed by atoms with Crippen molar-refractivity contribution in [3.05, 3.63) is 59.2 Å². The molecule has 1 aliphatic rings. The number of aliphatic hydroxyl groups is 1. The number of aryl methyl sites for hydroxylation is 1. The van der Waals surface area contributed by atoms with Crippen LogP contribution in [0.1, 0.15) is 35.9 Å². The molecule has 2 aromatic rings. The smallest absolute Gasteiger partial charge is 0.138 e. The number of pyridine rings is 1. The molecule has 0 amide bonds. The molecule has 1 fully saturated rings. The second-order valence-electron chi connectivity index (χ2n) is 6.53. The third kappa shape index (κ3) is 3.91. The standard InChI is InChI=1S/C19H23FN2O2/c1-13-2-7-18(23)17(21-13)12-22-10-8-15(9-11-22)19(24)14-3-5-16(20)6-4-14/h2-7,15,19,23-24H,8-12H2,1H3. The minimum Gasteiger partial charge on any atom is -0.506 e. The van der Waals surface area contributed by atoms with Crippen molar-refractivity contribution in [2.24, 2.45) is 5.92 Å². The lowest BCUT2D eigenvalue weighted by Gasteiger charge is -2.34. The molecule has 4 nitrogen and oxygen atoms in total. The highest BCUT2D eigenvalue weighted by Crippen LogP contribution is 2.31. The Morgan fingerprint density at radius 1 is 1.17 bits per heavy atom. The third-order valence-corrected chi connectivity index (χ3v) is 4.75. The highest BCUT2D eigenvalue weighted by atomic mass is 19.1. The van der Waals surface area contributed by atoms with E-state index in [9.17, 15) is 14.6 Å². The Morgan fingerprint density at radius 3 is 2.50 bits per heavy atom. The minimum absolute atomic E-state index is 0.172. The van der Waals surface area contributed by atoms with Crippen molar-refractivity contribution in [2.75, 3.05) is 13.1 Å². The summed E-state index contributed by atoms with van der Waals surface area (Å²) in [7, 11) is 0. The number of likely N-dealkylation sites (tertiary alicyclic amines) is 1. The molecule has 0 saturated carbocycles. The van der Waals surface area contributed by atoms with Crippen LogP contribution in [-0.2, 0) is 6.54 Å². The minimum atomic E-state index is -0.557. The van der Waals surface area contributed by atoms with Crippen LogP contribution in [0.25, 0.3) is 0 Å². The van der Waals surface area contributed by atoms with Gasteiger partial charge >= 0.3 is 0 Å². The maximum atomic E-state index is 13.0. The van der Waals surface area contributed by atoms with E-state index in [0.29, 0.717) is 12.2 Å². The first kappa shape index (κ1) is 16.9. The lowest BCUT2D eigenvalue weighted by molar-refractivity contribution is 0.0561. The fourth-order valence-electron chi connectivity index (χ4n) is 3.29. The summed E-state index contributed by atoms with van der Waals surface area (Å²) >= 11 is 0. The van der Waals surface area contributed by atoms with Gasteiger partial charge in [-0.05, 0) is 68.6 Å². The van der Waals surface area contributed by atoms with Crippen LogP contribution in [0, 0.1) is 18.7 Å². The maximum Gasteiger partial charge on any atom is 0.138 e.